The first-order chi connectivity index (χ1) is 7.59. The topological polar surface area (TPSA) is 49.3 Å². The predicted molar refractivity (Wildman–Crippen MR) is 65.5 cm³/mol. The zero-order chi connectivity index (χ0) is 12.0. The standard InChI is InChI=1S/C13H25NO2/c1-10(14-11(2)13(15)16)8-9-12-6-4-3-5-7-12/h10-12,14H,3-9H2,1-2H3,(H,15,16)/t10?,11-/m1/s1. The van der Waals surface area contributed by atoms with E-state index in [9.17, 15) is 4.79 Å². The third-order valence-electron chi connectivity index (χ3n) is 3.64. The van der Waals surface area contributed by atoms with Crippen molar-refractivity contribution in [3.05, 3.63) is 0 Å². The van der Waals surface area contributed by atoms with Gasteiger partial charge < -0.3 is 10.4 Å². The number of carbonyl (C=O) groups is 1. The van der Waals surface area contributed by atoms with Crippen LogP contribution in [-0.2, 0) is 4.79 Å². The van der Waals surface area contributed by atoms with E-state index in [4.69, 9.17) is 5.11 Å². The number of carboxylic acid groups (broad SMARTS) is 1. The van der Waals surface area contributed by atoms with Gasteiger partial charge in [-0.15, -0.1) is 0 Å². The molecule has 0 bridgehead atoms. The maximum atomic E-state index is 10.7. The lowest BCUT2D eigenvalue weighted by atomic mass is 9.85. The Morgan fingerprint density at radius 3 is 2.50 bits per heavy atom. The second kappa shape index (κ2) is 6.89. The van der Waals surface area contributed by atoms with Gasteiger partial charge in [0.05, 0.1) is 0 Å². The number of hydrogen-bond donors (Lipinski definition) is 2. The Balaban J connectivity index is 2.13. The van der Waals surface area contributed by atoms with Crippen molar-refractivity contribution in [3.63, 3.8) is 0 Å². The average molecular weight is 227 g/mol. The summed E-state index contributed by atoms with van der Waals surface area (Å²) in [5.41, 5.74) is 0. The Labute approximate surface area is 98.6 Å². The Morgan fingerprint density at radius 1 is 1.31 bits per heavy atom. The van der Waals surface area contributed by atoms with Crippen LogP contribution >= 0.6 is 0 Å². The summed E-state index contributed by atoms with van der Waals surface area (Å²) >= 11 is 0. The Kier molecular flexibility index (Phi) is 5.81. The van der Waals surface area contributed by atoms with Crippen molar-refractivity contribution in [2.45, 2.75) is 70.9 Å². The first-order valence-electron chi connectivity index (χ1n) is 6.58. The molecule has 0 aromatic carbocycles. The van der Waals surface area contributed by atoms with E-state index in [1.807, 2.05) is 0 Å². The van der Waals surface area contributed by atoms with Gasteiger partial charge in [0.15, 0.2) is 0 Å². The third kappa shape index (κ3) is 4.97. The molecule has 2 atom stereocenters. The van der Waals surface area contributed by atoms with Gasteiger partial charge in [0.2, 0.25) is 0 Å². The Bertz CT molecular complexity index is 212. The second-order valence-corrected chi connectivity index (χ2v) is 5.21. The summed E-state index contributed by atoms with van der Waals surface area (Å²) in [6.45, 7) is 3.79. The molecule has 1 unspecified atom stereocenters. The molecule has 0 aromatic rings. The van der Waals surface area contributed by atoms with Crippen molar-refractivity contribution in [1.29, 1.82) is 0 Å². The molecule has 1 saturated carbocycles. The molecule has 1 aliphatic carbocycles. The van der Waals surface area contributed by atoms with Crippen LogP contribution in [0.2, 0.25) is 0 Å². The molecule has 1 aliphatic rings. The van der Waals surface area contributed by atoms with Gasteiger partial charge in [-0.05, 0) is 32.6 Å². The molecule has 2 N–H and O–H groups in total. The quantitative estimate of drug-likeness (QED) is 0.733. The highest BCUT2D eigenvalue weighted by atomic mass is 16.4. The van der Waals surface area contributed by atoms with Gasteiger partial charge >= 0.3 is 5.97 Å². The normalized spacial score (nSPS) is 21.6. The molecule has 0 spiro atoms. The molecule has 1 rings (SSSR count). The van der Waals surface area contributed by atoms with E-state index < -0.39 is 12.0 Å². The Hall–Kier alpha value is -0.570. The highest BCUT2D eigenvalue weighted by Gasteiger charge is 2.17. The highest BCUT2D eigenvalue weighted by molar-refractivity contribution is 5.72. The average Bonchev–Trinajstić information content (AvgIpc) is 2.27. The summed E-state index contributed by atoms with van der Waals surface area (Å²) in [6.07, 6.45) is 9.28. The van der Waals surface area contributed by atoms with E-state index >= 15 is 0 Å². The lowest BCUT2D eigenvalue weighted by Gasteiger charge is -2.24. The van der Waals surface area contributed by atoms with Crippen molar-refractivity contribution in [2.24, 2.45) is 5.92 Å². The zero-order valence-electron chi connectivity index (χ0n) is 10.5. The number of rotatable bonds is 6. The molecule has 0 saturated heterocycles. The number of aliphatic carboxylic acids is 1. The van der Waals surface area contributed by atoms with E-state index in [0.29, 0.717) is 6.04 Å². The molecule has 1 fully saturated rings. The SMILES string of the molecule is CC(CCC1CCCCC1)N[C@H](C)C(=O)O. The minimum Gasteiger partial charge on any atom is -0.480 e. The van der Waals surface area contributed by atoms with Crippen molar-refractivity contribution < 1.29 is 9.90 Å². The smallest absolute Gasteiger partial charge is 0.320 e. The minimum atomic E-state index is -0.760. The maximum absolute atomic E-state index is 10.7. The third-order valence-corrected chi connectivity index (χ3v) is 3.64. The second-order valence-electron chi connectivity index (χ2n) is 5.21. The van der Waals surface area contributed by atoms with E-state index in [1.165, 1.54) is 38.5 Å². The van der Waals surface area contributed by atoms with Gasteiger partial charge in [0.25, 0.3) is 0 Å². The van der Waals surface area contributed by atoms with Crippen molar-refractivity contribution >= 4 is 5.97 Å². The summed E-state index contributed by atoms with van der Waals surface area (Å²) in [5.74, 6) is 0.127. The van der Waals surface area contributed by atoms with Gasteiger partial charge in [-0.25, -0.2) is 0 Å². The summed E-state index contributed by atoms with van der Waals surface area (Å²) in [5, 5.41) is 11.9. The van der Waals surface area contributed by atoms with E-state index in [2.05, 4.69) is 12.2 Å². The van der Waals surface area contributed by atoms with Gasteiger partial charge in [-0.3, -0.25) is 4.79 Å². The molecule has 16 heavy (non-hydrogen) atoms. The minimum absolute atomic E-state index is 0.313. The van der Waals surface area contributed by atoms with Crippen LogP contribution in [-0.4, -0.2) is 23.2 Å². The molecule has 0 radical (unpaired) electrons. The molecule has 3 nitrogen and oxygen atoms in total. The van der Waals surface area contributed by atoms with Crippen LogP contribution < -0.4 is 5.32 Å². The van der Waals surface area contributed by atoms with Crippen LogP contribution in [0.5, 0.6) is 0 Å². The molecule has 0 aliphatic heterocycles. The maximum Gasteiger partial charge on any atom is 0.320 e. The molecule has 3 heteroatoms. The fourth-order valence-corrected chi connectivity index (χ4v) is 2.54. The lowest BCUT2D eigenvalue weighted by Crippen LogP contribution is -2.40. The van der Waals surface area contributed by atoms with Gasteiger partial charge in [-0.1, -0.05) is 32.1 Å². The van der Waals surface area contributed by atoms with Crippen molar-refractivity contribution in [1.82, 2.24) is 5.32 Å². The van der Waals surface area contributed by atoms with E-state index in [0.717, 1.165) is 12.3 Å². The first-order valence-corrected chi connectivity index (χ1v) is 6.58. The number of carboxylic acids is 1. The first kappa shape index (κ1) is 13.5. The molecular weight excluding hydrogens is 202 g/mol. The number of hydrogen-bond acceptors (Lipinski definition) is 2. The van der Waals surface area contributed by atoms with Crippen LogP contribution in [0.15, 0.2) is 0 Å². The molecule has 0 amide bonds. The van der Waals surface area contributed by atoms with E-state index in [1.54, 1.807) is 6.92 Å². The fourth-order valence-electron chi connectivity index (χ4n) is 2.54. The monoisotopic (exact) mass is 227 g/mol. The molecular formula is C13H25NO2. The molecule has 0 heterocycles. The van der Waals surface area contributed by atoms with Crippen LogP contribution in [0, 0.1) is 5.92 Å². The highest BCUT2D eigenvalue weighted by Crippen LogP contribution is 2.27. The Morgan fingerprint density at radius 2 is 1.94 bits per heavy atom. The summed E-state index contributed by atoms with van der Waals surface area (Å²) in [7, 11) is 0. The van der Waals surface area contributed by atoms with Crippen LogP contribution in [0.1, 0.15) is 58.8 Å². The summed E-state index contributed by atoms with van der Waals surface area (Å²) in [4.78, 5) is 10.7. The van der Waals surface area contributed by atoms with Crippen LogP contribution in [0.25, 0.3) is 0 Å². The number of nitrogens with one attached hydrogen (secondary N) is 1. The van der Waals surface area contributed by atoms with Crippen molar-refractivity contribution in [2.75, 3.05) is 0 Å². The fraction of sp³-hybridized carbons (Fsp3) is 0.923. The summed E-state index contributed by atoms with van der Waals surface area (Å²) < 4.78 is 0. The largest absolute Gasteiger partial charge is 0.480 e. The van der Waals surface area contributed by atoms with Gasteiger partial charge in [0.1, 0.15) is 6.04 Å². The summed E-state index contributed by atoms with van der Waals surface area (Å²) in [6, 6.07) is -0.116. The van der Waals surface area contributed by atoms with Crippen LogP contribution in [0.4, 0.5) is 0 Å². The molecule has 0 aromatic heterocycles. The zero-order valence-corrected chi connectivity index (χ0v) is 10.5. The van der Waals surface area contributed by atoms with Crippen molar-refractivity contribution in [3.8, 4) is 0 Å². The lowest BCUT2D eigenvalue weighted by molar-refractivity contribution is -0.139. The van der Waals surface area contributed by atoms with Crippen LogP contribution in [0.3, 0.4) is 0 Å². The predicted octanol–water partition coefficient (Wildman–Crippen LogP) is 2.80. The van der Waals surface area contributed by atoms with Gasteiger partial charge in [0, 0.05) is 6.04 Å². The van der Waals surface area contributed by atoms with E-state index in [-0.39, 0.29) is 0 Å². The molecule has 94 valence electrons. The van der Waals surface area contributed by atoms with Gasteiger partial charge in [-0.2, -0.15) is 0 Å².